The molecule has 142 valence electrons. The van der Waals surface area contributed by atoms with Crippen molar-refractivity contribution in [2.75, 3.05) is 18.2 Å². The van der Waals surface area contributed by atoms with Gasteiger partial charge < -0.3 is 10.1 Å². The molecule has 0 bridgehead atoms. The maximum absolute atomic E-state index is 12.0. The van der Waals surface area contributed by atoms with Gasteiger partial charge in [0, 0.05) is 23.6 Å². The molecule has 0 aliphatic heterocycles. The zero-order chi connectivity index (χ0) is 20.2. The van der Waals surface area contributed by atoms with Crippen molar-refractivity contribution in [3.05, 3.63) is 63.7 Å². The third-order valence-electron chi connectivity index (χ3n) is 3.52. The number of nitrogens with one attached hydrogen (secondary N) is 1. The lowest BCUT2D eigenvalue weighted by Crippen LogP contribution is -2.21. The Bertz CT molecular complexity index is 1020. The number of ether oxygens (including phenoxy) is 1. The van der Waals surface area contributed by atoms with Crippen molar-refractivity contribution in [3.8, 4) is 0 Å². The summed E-state index contributed by atoms with van der Waals surface area (Å²) in [6, 6.07) is 9.40. The Hall–Kier alpha value is -3.27. The first-order chi connectivity index (χ1) is 12.6. The second-order valence-electron chi connectivity index (χ2n) is 5.68. The van der Waals surface area contributed by atoms with E-state index < -0.39 is 33.2 Å². The molecule has 0 aliphatic rings. The summed E-state index contributed by atoms with van der Waals surface area (Å²) in [4.78, 5) is 34.2. The summed E-state index contributed by atoms with van der Waals surface area (Å²) in [7, 11) is -3.49. The Labute approximate surface area is 155 Å². The summed E-state index contributed by atoms with van der Waals surface area (Å²) in [5.74, 6) is -1.56. The molecule has 10 heteroatoms. The van der Waals surface area contributed by atoms with E-state index in [1.54, 1.807) is 6.92 Å². The van der Waals surface area contributed by atoms with Gasteiger partial charge in [0.2, 0.25) is 0 Å². The van der Waals surface area contributed by atoms with Gasteiger partial charge in [-0.2, -0.15) is 0 Å². The molecule has 0 saturated heterocycles. The quantitative estimate of drug-likeness (QED) is 0.452. The van der Waals surface area contributed by atoms with E-state index in [1.807, 2.05) is 0 Å². The van der Waals surface area contributed by atoms with Crippen LogP contribution >= 0.6 is 0 Å². The van der Waals surface area contributed by atoms with Gasteiger partial charge in [0.05, 0.1) is 15.4 Å². The number of nitro benzene ring substituents is 1. The van der Waals surface area contributed by atoms with Crippen molar-refractivity contribution in [2.45, 2.75) is 11.8 Å². The lowest BCUT2D eigenvalue weighted by atomic mass is 10.2. The maximum Gasteiger partial charge on any atom is 0.338 e. The van der Waals surface area contributed by atoms with Gasteiger partial charge in [0.15, 0.2) is 16.4 Å². The normalized spacial score (nSPS) is 10.9. The van der Waals surface area contributed by atoms with Crippen LogP contribution in [-0.2, 0) is 19.4 Å². The molecule has 2 rings (SSSR count). The predicted molar refractivity (Wildman–Crippen MR) is 96.3 cm³/mol. The third-order valence-corrected chi connectivity index (χ3v) is 4.63. The summed E-state index contributed by atoms with van der Waals surface area (Å²) >= 11 is 0. The summed E-state index contributed by atoms with van der Waals surface area (Å²) in [6.07, 6.45) is 1.01. The Morgan fingerprint density at radius 1 is 1.19 bits per heavy atom. The Morgan fingerprint density at radius 2 is 1.89 bits per heavy atom. The largest absolute Gasteiger partial charge is 0.452 e. The Kier molecular flexibility index (Phi) is 5.91. The fourth-order valence-corrected chi connectivity index (χ4v) is 2.82. The molecule has 0 radical (unpaired) electrons. The number of hydrogen-bond donors (Lipinski definition) is 1. The average Bonchev–Trinajstić information content (AvgIpc) is 2.60. The first kappa shape index (κ1) is 20.0. The molecule has 0 atom stereocenters. The number of amides is 1. The van der Waals surface area contributed by atoms with E-state index in [0.717, 1.165) is 12.3 Å². The molecule has 2 aromatic rings. The van der Waals surface area contributed by atoms with E-state index >= 15 is 0 Å². The number of rotatable bonds is 6. The highest BCUT2D eigenvalue weighted by atomic mass is 32.2. The number of anilines is 1. The highest BCUT2D eigenvalue weighted by molar-refractivity contribution is 7.90. The molecular formula is C17H16N2O7S. The lowest BCUT2D eigenvalue weighted by Gasteiger charge is -2.08. The number of esters is 1. The van der Waals surface area contributed by atoms with E-state index in [0.29, 0.717) is 5.56 Å². The van der Waals surface area contributed by atoms with Gasteiger partial charge in [-0.3, -0.25) is 14.9 Å². The molecule has 0 aliphatic carbocycles. The minimum Gasteiger partial charge on any atom is -0.452 e. The Morgan fingerprint density at radius 3 is 2.52 bits per heavy atom. The van der Waals surface area contributed by atoms with Gasteiger partial charge in [0.1, 0.15) is 0 Å². The number of carbonyl (C=O) groups excluding carboxylic acids is 2. The number of aryl methyl sites for hydroxylation is 1. The molecule has 1 amide bonds. The Balaban J connectivity index is 2.01. The maximum atomic E-state index is 12.0. The van der Waals surface area contributed by atoms with E-state index in [1.165, 1.54) is 36.4 Å². The van der Waals surface area contributed by atoms with Gasteiger partial charge in [-0.1, -0.05) is 12.1 Å². The number of nitrogens with zero attached hydrogens (tertiary/aromatic N) is 1. The minimum atomic E-state index is -3.49. The molecule has 0 spiro atoms. The van der Waals surface area contributed by atoms with Crippen LogP contribution in [-0.4, -0.2) is 38.1 Å². The van der Waals surface area contributed by atoms with Gasteiger partial charge in [-0.05, 0) is 31.2 Å². The number of carbonyl (C=O) groups is 2. The molecule has 0 fully saturated rings. The number of benzene rings is 2. The zero-order valence-corrected chi connectivity index (χ0v) is 15.3. The van der Waals surface area contributed by atoms with Crippen LogP contribution in [0.3, 0.4) is 0 Å². The molecule has 2 aromatic carbocycles. The van der Waals surface area contributed by atoms with Crippen molar-refractivity contribution in [2.24, 2.45) is 0 Å². The van der Waals surface area contributed by atoms with E-state index in [2.05, 4.69) is 5.32 Å². The highest BCUT2D eigenvalue weighted by Gasteiger charge is 2.15. The molecule has 0 aromatic heterocycles. The van der Waals surface area contributed by atoms with Crippen LogP contribution in [0.5, 0.6) is 0 Å². The summed E-state index contributed by atoms with van der Waals surface area (Å²) in [5, 5.41) is 13.3. The summed E-state index contributed by atoms with van der Waals surface area (Å²) in [5.41, 5.74) is 0.460. The predicted octanol–water partition coefficient (Wildman–Crippen LogP) is 2.10. The van der Waals surface area contributed by atoms with Gasteiger partial charge in [-0.15, -0.1) is 0 Å². The van der Waals surface area contributed by atoms with Crippen LogP contribution in [0.25, 0.3) is 0 Å². The zero-order valence-electron chi connectivity index (χ0n) is 14.5. The van der Waals surface area contributed by atoms with E-state index in [9.17, 15) is 28.1 Å². The fraction of sp³-hybridized carbons (Fsp3) is 0.176. The smallest absolute Gasteiger partial charge is 0.338 e. The first-order valence-corrected chi connectivity index (χ1v) is 9.49. The monoisotopic (exact) mass is 392 g/mol. The number of hydrogen-bond acceptors (Lipinski definition) is 7. The summed E-state index contributed by atoms with van der Waals surface area (Å²) < 4.78 is 27.9. The minimum absolute atomic E-state index is 0.0169. The standard InChI is InChI=1S/C17H16N2O7S/c1-11-6-7-13(9-15(11)19(22)23)18-16(20)10-26-17(21)12-4-3-5-14(8-12)27(2,24)25/h3-9H,10H2,1-2H3,(H,18,20). The van der Waals surface area contributed by atoms with Crippen LogP contribution in [0.4, 0.5) is 11.4 Å². The molecule has 0 heterocycles. The molecule has 0 unspecified atom stereocenters. The number of sulfone groups is 1. The van der Waals surface area contributed by atoms with Crippen LogP contribution in [0.2, 0.25) is 0 Å². The molecule has 1 N–H and O–H groups in total. The molecule has 27 heavy (non-hydrogen) atoms. The van der Waals surface area contributed by atoms with Crippen LogP contribution in [0.1, 0.15) is 15.9 Å². The second kappa shape index (κ2) is 7.96. The summed E-state index contributed by atoms with van der Waals surface area (Å²) in [6.45, 7) is 0.930. The number of nitro groups is 1. The van der Waals surface area contributed by atoms with Crippen molar-refractivity contribution in [1.29, 1.82) is 0 Å². The fourth-order valence-electron chi connectivity index (χ4n) is 2.15. The van der Waals surface area contributed by atoms with Crippen molar-refractivity contribution in [3.63, 3.8) is 0 Å². The van der Waals surface area contributed by atoms with Gasteiger partial charge >= 0.3 is 5.97 Å². The van der Waals surface area contributed by atoms with Crippen LogP contribution < -0.4 is 5.32 Å². The van der Waals surface area contributed by atoms with E-state index in [4.69, 9.17) is 4.74 Å². The molecule has 0 saturated carbocycles. The lowest BCUT2D eigenvalue weighted by molar-refractivity contribution is -0.385. The van der Waals surface area contributed by atoms with Crippen LogP contribution in [0.15, 0.2) is 47.4 Å². The second-order valence-corrected chi connectivity index (χ2v) is 7.70. The molecular weight excluding hydrogens is 376 g/mol. The average molecular weight is 392 g/mol. The van der Waals surface area contributed by atoms with Crippen molar-refractivity contribution < 1.29 is 27.7 Å². The van der Waals surface area contributed by atoms with Crippen molar-refractivity contribution >= 4 is 33.1 Å². The van der Waals surface area contributed by atoms with Crippen molar-refractivity contribution in [1.82, 2.24) is 0 Å². The highest BCUT2D eigenvalue weighted by Crippen LogP contribution is 2.22. The molecule has 9 nitrogen and oxygen atoms in total. The first-order valence-electron chi connectivity index (χ1n) is 7.60. The topological polar surface area (TPSA) is 133 Å². The third kappa shape index (κ3) is 5.35. The van der Waals surface area contributed by atoms with Gasteiger partial charge in [-0.25, -0.2) is 13.2 Å². The van der Waals surface area contributed by atoms with Gasteiger partial charge in [0.25, 0.3) is 11.6 Å². The van der Waals surface area contributed by atoms with E-state index in [-0.39, 0.29) is 21.8 Å². The van der Waals surface area contributed by atoms with Crippen LogP contribution in [0, 0.1) is 17.0 Å². The SMILES string of the molecule is Cc1ccc(NC(=O)COC(=O)c2cccc(S(C)(=O)=O)c2)cc1[N+](=O)[O-].